The smallest absolute Gasteiger partial charge is 0.326 e. The Labute approximate surface area is 349 Å². The molecule has 1 unspecified atom stereocenters. The number of hydrogen-bond acceptors (Lipinski definition) is 7. The standard InChI is InChI=1S/C45H68N6O8/c1-3-32(2)41(44(57)49-35(42(47)55)29-28-33-22-16-14-17-23-33)51-40(54)27-21-13-11-9-7-5-4-6-8-10-12-20-26-39(53)48-36(31-38(46)52)43(56)50-37(45(58)59)30-34-24-18-15-19-25-34/h14-19,22-25,32,35-37,41H,3-13,20-21,26-31H2,1-2H3,(H2,46,52)(H2,47,55)(H,48,53)(H,49,57)(H,50,56)(H,51,54)(H,58,59)/t32?,35-,36-,37-,41-/m0/s1. The predicted octanol–water partition coefficient (Wildman–Crippen LogP) is 4.75. The van der Waals surface area contributed by atoms with Crippen molar-refractivity contribution in [2.45, 2.75) is 160 Å². The topological polar surface area (TPSA) is 240 Å². The van der Waals surface area contributed by atoms with Crippen molar-refractivity contribution in [2.24, 2.45) is 17.4 Å². The minimum absolute atomic E-state index is 0.0470. The molecule has 6 amide bonds. The molecule has 2 rings (SSSR count). The molecule has 0 fully saturated rings. The Kier molecular flexibility index (Phi) is 24.5. The normalized spacial score (nSPS) is 13.5. The van der Waals surface area contributed by atoms with Crippen LogP contribution in [0, 0.1) is 5.92 Å². The molecule has 9 N–H and O–H groups in total. The van der Waals surface area contributed by atoms with Gasteiger partial charge in [0.2, 0.25) is 35.4 Å². The van der Waals surface area contributed by atoms with Gasteiger partial charge in [0.15, 0.2) is 0 Å². The zero-order valence-electron chi connectivity index (χ0n) is 35.1. The summed E-state index contributed by atoms with van der Waals surface area (Å²) in [7, 11) is 0. The first-order valence-corrected chi connectivity index (χ1v) is 21.4. The Morgan fingerprint density at radius 3 is 1.49 bits per heavy atom. The minimum atomic E-state index is -1.26. The second-order valence-corrected chi connectivity index (χ2v) is 15.5. The first kappa shape index (κ1) is 49.9. The molecular weight excluding hydrogens is 753 g/mol. The summed E-state index contributed by atoms with van der Waals surface area (Å²) >= 11 is 0. The van der Waals surface area contributed by atoms with Crippen molar-refractivity contribution >= 4 is 41.4 Å². The number of carboxylic acids is 1. The molecule has 0 saturated carbocycles. The highest BCUT2D eigenvalue weighted by Gasteiger charge is 2.30. The Morgan fingerprint density at radius 2 is 1.03 bits per heavy atom. The summed E-state index contributed by atoms with van der Waals surface area (Å²) in [6.45, 7) is 3.86. The van der Waals surface area contributed by atoms with Crippen LogP contribution in [0.5, 0.6) is 0 Å². The largest absolute Gasteiger partial charge is 0.480 e. The maximum atomic E-state index is 13.2. The number of benzene rings is 2. The van der Waals surface area contributed by atoms with Gasteiger partial charge in [0, 0.05) is 19.3 Å². The summed E-state index contributed by atoms with van der Waals surface area (Å²) < 4.78 is 0. The molecule has 0 aliphatic carbocycles. The molecule has 2 aromatic rings. The molecule has 0 radical (unpaired) electrons. The first-order valence-electron chi connectivity index (χ1n) is 21.4. The average Bonchev–Trinajstić information content (AvgIpc) is 3.21. The van der Waals surface area contributed by atoms with Gasteiger partial charge in [0.25, 0.3) is 0 Å². The van der Waals surface area contributed by atoms with E-state index in [2.05, 4.69) is 21.3 Å². The number of unbranched alkanes of at least 4 members (excludes halogenated alkanes) is 11. The van der Waals surface area contributed by atoms with Crippen molar-refractivity contribution in [1.29, 1.82) is 0 Å². The highest BCUT2D eigenvalue weighted by atomic mass is 16.4. The average molecular weight is 821 g/mol. The fourth-order valence-corrected chi connectivity index (χ4v) is 6.79. The van der Waals surface area contributed by atoms with Crippen molar-refractivity contribution in [3.63, 3.8) is 0 Å². The van der Waals surface area contributed by atoms with Gasteiger partial charge in [-0.1, -0.05) is 145 Å². The second-order valence-electron chi connectivity index (χ2n) is 15.5. The molecule has 0 aliphatic heterocycles. The van der Waals surface area contributed by atoms with Crippen molar-refractivity contribution in [3.05, 3.63) is 71.8 Å². The van der Waals surface area contributed by atoms with Crippen molar-refractivity contribution < 1.29 is 38.7 Å². The van der Waals surface area contributed by atoms with E-state index in [9.17, 15) is 38.7 Å². The number of aryl methyl sites for hydroxylation is 1. The molecule has 5 atom stereocenters. The van der Waals surface area contributed by atoms with Crippen LogP contribution in [0.1, 0.15) is 134 Å². The van der Waals surface area contributed by atoms with E-state index < -0.39 is 66.1 Å². The minimum Gasteiger partial charge on any atom is -0.480 e. The second kappa shape index (κ2) is 29.0. The van der Waals surface area contributed by atoms with Gasteiger partial charge in [-0.25, -0.2) is 4.79 Å². The lowest BCUT2D eigenvalue weighted by Crippen LogP contribution is -2.55. The van der Waals surface area contributed by atoms with Gasteiger partial charge < -0.3 is 37.8 Å². The van der Waals surface area contributed by atoms with Crippen LogP contribution in [0.4, 0.5) is 0 Å². The van der Waals surface area contributed by atoms with E-state index in [1.807, 2.05) is 44.2 Å². The van der Waals surface area contributed by atoms with Gasteiger partial charge in [-0.2, -0.15) is 0 Å². The van der Waals surface area contributed by atoms with Gasteiger partial charge >= 0.3 is 5.97 Å². The Hall–Kier alpha value is -5.27. The molecule has 0 aliphatic rings. The number of hydrogen-bond donors (Lipinski definition) is 7. The van der Waals surface area contributed by atoms with Gasteiger partial charge in [-0.05, 0) is 42.7 Å². The van der Waals surface area contributed by atoms with E-state index in [1.54, 1.807) is 30.3 Å². The SMILES string of the molecule is CCC(C)[C@H](NC(=O)CCCCCCCCCCCCCCC(=O)N[C@@H](CC(N)=O)C(=O)N[C@@H](Cc1ccccc1)C(=O)O)C(=O)N[C@@H](CCc1ccccc1)C(N)=O. The van der Waals surface area contributed by atoms with E-state index >= 15 is 0 Å². The highest BCUT2D eigenvalue weighted by Crippen LogP contribution is 2.15. The lowest BCUT2D eigenvalue weighted by atomic mass is 9.97. The maximum absolute atomic E-state index is 13.2. The maximum Gasteiger partial charge on any atom is 0.326 e. The molecule has 326 valence electrons. The number of primary amides is 2. The van der Waals surface area contributed by atoms with Crippen LogP contribution in [0.15, 0.2) is 60.7 Å². The summed E-state index contributed by atoms with van der Waals surface area (Å²) in [5.41, 5.74) is 12.7. The van der Waals surface area contributed by atoms with Crippen LogP contribution in [0.3, 0.4) is 0 Å². The number of rotatable bonds is 32. The van der Waals surface area contributed by atoms with Crippen LogP contribution in [0.2, 0.25) is 0 Å². The van der Waals surface area contributed by atoms with Crippen LogP contribution in [-0.2, 0) is 46.4 Å². The van der Waals surface area contributed by atoms with Crippen molar-refractivity contribution in [2.75, 3.05) is 0 Å². The molecule has 0 spiro atoms. The zero-order valence-corrected chi connectivity index (χ0v) is 35.1. The molecule has 14 nitrogen and oxygen atoms in total. The Bertz CT molecular complexity index is 1590. The monoisotopic (exact) mass is 821 g/mol. The van der Waals surface area contributed by atoms with E-state index in [0.717, 1.165) is 76.2 Å². The van der Waals surface area contributed by atoms with Crippen LogP contribution < -0.4 is 32.7 Å². The third-order valence-corrected chi connectivity index (χ3v) is 10.5. The third-order valence-electron chi connectivity index (χ3n) is 10.5. The van der Waals surface area contributed by atoms with Crippen LogP contribution >= 0.6 is 0 Å². The Balaban J connectivity index is 1.56. The van der Waals surface area contributed by atoms with E-state index in [-0.39, 0.29) is 24.7 Å². The van der Waals surface area contributed by atoms with Crippen molar-refractivity contribution in [3.8, 4) is 0 Å². The van der Waals surface area contributed by atoms with Gasteiger partial charge in [-0.15, -0.1) is 0 Å². The van der Waals surface area contributed by atoms with Crippen LogP contribution in [-0.4, -0.2) is 70.7 Å². The molecule has 59 heavy (non-hydrogen) atoms. The third kappa shape index (κ3) is 21.9. The van der Waals surface area contributed by atoms with E-state index in [4.69, 9.17) is 11.5 Å². The van der Waals surface area contributed by atoms with Gasteiger partial charge in [0.1, 0.15) is 24.2 Å². The quantitative estimate of drug-likeness (QED) is 0.0507. The van der Waals surface area contributed by atoms with Crippen LogP contribution in [0.25, 0.3) is 0 Å². The fourth-order valence-electron chi connectivity index (χ4n) is 6.79. The number of aliphatic carboxylic acids is 1. The first-order chi connectivity index (χ1) is 28.3. The van der Waals surface area contributed by atoms with Gasteiger partial charge in [-0.3, -0.25) is 28.8 Å². The predicted molar refractivity (Wildman–Crippen MR) is 227 cm³/mol. The number of amides is 6. The molecule has 0 heterocycles. The summed E-state index contributed by atoms with van der Waals surface area (Å²) in [5.74, 6) is -4.47. The van der Waals surface area contributed by atoms with E-state index in [1.165, 1.54) is 0 Å². The molecule has 0 bridgehead atoms. The lowest BCUT2D eigenvalue weighted by Gasteiger charge is -2.26. The number of carboxylic acid groups (broad SMARTS) is 1. The number of nitrogens with two attached hydrogens (primary N) is 2. The molecule has 14 heteroatoms. The summed E-state index contributed by atoms with van der Waals surface area (Å²) in [4.78, 5) is 86.9. The summed E-state index contributed by atoms with van der Waals surface area (Å²) in [5, 5.41) is 20.3. The molecular formula is C45H68N6O8. The highest BCUT2D eigenvalue weighted by molar-refractivity contribution is 5.94. The molecule has 2 aromatic carbocycles. The number of nitrogens with one attached hydrogen (secondary N) is 4. The van der Waals surface area contributed by atoms with Crippen molar-refractivity contribution in [1.82, 2.24) is 21.3 Å². The number of carbonyl (C=O) groups excluding carboxylic acids is 6. The summed E-state index contributed by atoms with van der Waals surface area (Å²) in [6.07, 6.45) is 13.5. The molecule has 0 saturated heterocycles. The number of carbonyl (C=O) groups is 7. The summed E-state index contributed by atoms with van der Waals surface area (Å²) in [6, 6.07) is 14.4. The zero-order chi connectivity index (χ0) is 43.4. The van der Waals surface area contributed by atoms with Gasteiger partial charge in [0.05, 0.1) is 6.42 Å². The fraction of sp³-hybridized carbons (Fsp3) is 0.578. The lowest BCUT2D eigenvalue weighted by molar-refractivity contribution is -0.142. The Morgan fingerprint density at radius 1 is 0.576 bits per heavy atom. The molecule has 0 aromatic heterocycles. The van der Waals surface area contributed by atoms with E-state index in [0.29, 0.717) is 37.7 Å².